The van der Waals surface area contributed by atoms with Crippen molar-refractivity contribution < 1.29 is 9.47 Å². The van der Waals surface area contributed by atoms with Crippen molar-refractivity contribution in [3.8, 4) is 6.07 Å². The van der Waals surface area contributed by atoms with Gasteiger partial charge in [0.2, 0.25) is 0 Å². The van der Waals surface area contributed by atoms with E-state index in [-0.39, 0.29) is 5.60 Å². The molecule has 0 aromatic carbocycles. The normalized spacial score (nSPS) is 27.6. The lowest BCUT2D eigenvalue weighted by Gasteiger charge is -2.37. The third-order valence-electron chi connectivity index (χ3n) is 7.24. The van der Waals surface area contributed by atoms with Crippen LogP contribution in [0.5, 0.6) is 0 Å². The average molecular weight is 370 g/mol. The summed E-state index contributed by atoms with van der Waals surface area (Å²) in [4.78, 5) is 0. The Balaban J connectivity index is 1.52. The highest BCUT2D eigenvalue weighted by Crippen LogP contribution is 2.51. The number of rotatable bonds is 9. The van der Waals surface area contributed by atoms with Crippen molar-refractivity contribution in [2.24, 2.45) is 29.6 Å². The Morgan fingerprint density at radius 3 is 2.48 bits per heavy atom. The number of nitrogens with zero attached hydrogens (tertiary/aromatic N) is 1. The van der Waals surface area contributed by atoms with Crippen LogP contribution in [0, 0.1) is 40.9 Å². The molecule has 1 saturated heterocycles. The van der Waals surface area contributed by atoms with Crippen LogP contribution in [0.15, 0.2) is 23.3 Å². The first kappa shape index (κ1) is 19.2. The van der Waals surface area contributed by atoms with Gasteiger partial charge in [-0.3, -0.25) is 0 Å². The summed E-state index contributed by atoms with van der Waals surface area (Å²) in [5.74, 6) is 3.99. The fourth-order valence-corrected chi connectivity index (χ4v) is 5.11. The molecule has 27 heavy (non-hydrogen) atoms. The molecule has 0 aromatic heterocycles. The van der Waals surface area contributed by atoms with E-state index in [4.69, 9.17) is 9.47 Å². The van der Waals surface area contributed by atoms with E-state index in [9.17, 15) is 5.26 Å². The maximum atomic E-state index is 9.53. The number of ether oxygens (including phenoxy) is 2. The topological polar surface area (TPSA) is 42.2 Å². The van der Waals surface area contributed by atoms with Gasteiger partial charge in [0.15, 0.2) is 0 Å². The maximum absolute atomic E-state index is 9.53. The molecular weight excluding hydrogens is 334 g/mol. The molecule has 0 N–H and O–H groups in total. The largest absolute Gasteiger partial charge is 0.381 e. The van der Waals surface area contributed by atoms with Gasteiger partial charge in [-0.2, -0.15) is 5.26 Å². The number of hydrogen-bond donors (Lipinski definition) is 0. The predicted molar refractivity (Wildman–Crippen MR) is 107 cm³/mol. The van der Waals surface area contributed by atoms with E-state index in [0.29, 0.717) is 18.1 Å². The molecule has 0 aromatic rings. The molecule has 4 rings (SSSR count). The second-order valence-corrected chi connectivity index (χ2v) is 10.1. The van der Waals surface area contributed by atoms with Crippen LogP contribution in [0.4, 0.5) is 0 Å². The van der Waals surface area contributed by atoms with E-state index in [0.717, 1.165) is 43.3 Å². The van der Waals surface area contributed by atoms with Crippen LogP contribution < -0.4 is 0 Å². The summed E-state index contributed by atoms with van der Waals surface area (Å²) in [6, 6.07) is 2.34. The van der Waals surface area contributed by atoms with Crippen LogP contribution >= 0.6 is 0 Å². The van der Waals surface area contributed by atoms with Gasteiger partial charge in [0.1, 0.15) is 0 Å². The van der Waals surface area contributed by atoms with E-state index < -0.39 is 0 Å². The van der Waals surface area contributed by atoms with Crippen LogP contribution in [0.2, 0.25) is 0 Å². The fraction of sp³-hybridized carbons (Fsp3) is 0.792. The Bertz CT molecular complexity index is 644. The van der Waals surface area contributed by atoms with Gasteiger partial charge < -0.3 is 9.47 Å². The molecule has 2 aliphatic heterocycles. The predicted octanol–water partition coefficient (Wildman–Crippen LogP) is 5.43. The van der Waals surface area contributed by atoms with Gasteiger partial charge in [0.25, 0.3) is 0 Å². The molecule has 2 heterocycles. The lowest BCUT2D eigenvalue weighted by molar-refractivity contribution is -0.0388. The van der Waals surface area contributed by atoms with Gasteiger partial charge in [-0.1, -0.05) is 6.58 Å². The second-order valence-electron chi connectivity index (χ2n) is 10.1. The zero-order valence-electron chi connectivity index (χ0n) is 17.1. The second kappa shape index (κ2) is 7.72. The first-order chi connectivity index (χ1) is 13.0. The Hall–Kier alpha value is -1.11. The van der Waals surface area contributed by atoms with Crippen LogP contribution in [0.1, 0.15) is 65.2 Å². The van der Waals surface area contributed by atoms with Gasteiger partial charge in [-0.15, -0.1) is 0 Å². The van der Waals surface area contributed by atoms with E-state index in [1.165, 1.54) is 56.1 Å². The molecule has 3 fully saturated rings. The molecular formula is C24H35NO2. The maximum Gasteiger partial charge on any atom is 0.0988 e. The molecule has 2 atom stereocenters. The molecule has 2 aliphatic carbocycles. The minimum absolute atomic E-state index is 0.188. The van der Waals surface area contributed by atoms with Crippen LogP contribution in [-0.4, -0.2) is 25.4 Å². The molecule has 0 amide bonds. The lowest BCUT2D eigenvalue weighted by atomic mass is 9.75. The van der Waals surface area contributed by atoms with E-state index in [2.05, 4.69) is 26.5 Å². The number of hydrogen-bond acceptors (Lipinski definition) is 3. The third kappa shape index (κ3) is 4.66. The average Bonchev–Trinajstić information content (AvgIpc) is 3.47. The van der Waals surface area contributed by atoms with Crippen LogP contribution in [0.25, 0.3) is 0 Å². The van der Waals surface area contributed by atoms with Crippen molar-refractivity contribution in [3.05, 3.63) is 23.3 Å². The summed E-state index contributed by atoms with van der Waals surface area (Å²) in [5.41, 5.74) is 3.11. The van der Waals surface area contributed by atoms with Gasteiger partial charge >= 0.3 is 0 Å². The molecule has 2 saturated carbocycles. The van der Waals surface area contributed by atoms with Gasteiger partial charge in [0.05, 0.1) is 31.5 Å². The minimum Gasteiger partial charge on any atom is -0.381 e. The smallest absolute Gasteiger partial charge is 0.0988 e. The Kier molecular flexibility index (Phi) is 5.50. The van der Waals surface area contributed by atoms with E-state index >= 15 is 0 Å². The number of allylic oxidation sites excluding steroid dienone is 1. The van der Waals surface area contributed by atoms with Crippen molar-refractivity contribution in [3.63, 3.8) is 0 Å². The van der Waals surface area contributed by atoms with E-state index in [1.54, 1.807) is 0 Å². The molecule has 148 valence electrons. The van der Waals surface area contributed by atoms with Gasteiger partial charge in [0, 0.05) is 17.9 Å². The van der Waals surface area contributed by atoms with Crippen molar-refractivity contribution in [2.75, 3.05) is 19.8 Å². The molecule has 3 nitrogen and oxygen atoms in total. The molecule has 0 bridgehead atoms. The molecule has 3 heteroatoms. The summed E-state index contributed by atoms with van der Waals surface area (Å²) < 4.78 is 11.6. The zero-order chi connectivity index (χ0) is 19.0. The Morgan fingerprint density at radius 1 is 1.22 bits per heavy atom. The fourth-order valence-electron chi connectivity index (χ4n) is 5.11. The summed E-state index contributed by atoms with van der Waals surface area (Å²) in [6.07, 6.45) is 10.3. The molecule has 0 spiro atoms. The third-order valence-corrected chi connectivity index (χ3v) is 7.24. The zero-order valence-corrected chi connectivity index (χ0v) is 17.1. The number of nitriles is 1. The first-order valence-corrected chi connectivity index (χ1v) is 11.0. The van der Waals surface area contributed by atoms with E-state index in [1.807, 2.05) is 0 Å². The highest BCUT2D eigenvalue weighted by molar-refractivity contribution is 5.45. The first-order valence-electron chi connectivity index (χ1n) is 11.0. The van der Waals surface area contributed by atoms with Gasteiger partial charge in [-0.05, 0) is 93.6 Å². The summed E-state index contributed by atoms with van der Waals surface area (Å²) in [7, 11) is 0. The molecule has 0 radical (unpaired) electrons. The summed E-state index contributed by atoms with van der Waals surface area (Å²) >= 11 is 0. The van der Waals surface area contributed by atoms with Crippen molar-refractivity contribution in [1.82, 2.24) is 0 Å². The molecule has 4 aliphatic rings. The molecule has 1 unspecified atom stereocenters. The quantitative estimate of drug-likeness (QED) is 0.509. The van der Waals surface area contributed by atoms with Crippen LogP contribution in [-0.2, 0) is 9.47 Å². The summed E-state index contributed by atoms with van der Waals surface area (Å²) in [6.45, 7) is 11.0. The van der Waals surface area contributed by atoms with Crippen molar-refractivity contribution in [2.45, 2.75) is 70.8 Å². The summed E-state index contributed by atoms with van der Waals surface area (Å²) in [5, 5.41) is 9.53. The SMILES string of the molecule is C=C(C#N)C1=C(C(C[C@H](CCC2COC2)C2CC2)C2CC2)COC(C)(C)C1. The minimum atomic E-state index is -0.188. The highest BCUT2D eigenvalue weighted by atomic mass is 16.5. The van der Waals surface area contributed by atoms with Crippen molar-refractivity contribution >= 4 is 0 Å². The standard InChI is InChI=1S/C24H35NO2/c1-16(12-25)22-11-24(2,3)27-15-23(22)21(19-8-9-19)10-20(18-6-7-18)5-4-17-13-26-14-17/h17-21H,1,4-11,13-15H2,2-3H3/t20-,21?/m0/s1. The van der Waals surface area contributed by atoms with Crippen LogP contribution in [0.3, 0.4) is 0 Å². The monoisotopic (exact) mass is 369 g/mol. The van der Waals surface area contributed by atoms with Gasteiger partial charge in [-0.25, -0.2) is 0 Å². The Morgan fingerprint density at radius 2 is 1.93 bits per heavy atom. The highest BCUT2D eigenvalue weighted by Gasteiger charge is 2.42. The Labute approximate surface area is 164 Å². The lowest BCUT2D eigenvalue weighted by Crippen LogP contribution is -2.34. The van der Waals surface area contributed by atoms with Crippen molar-refractivity contribution in [1.29, 1.82) is 5.26 Å².